The Kier molecular flexibility index (Phi) is 3.45. The van der Waals surface area contributed by atoms with E-state index in [1.165, 1.54) is 0 Å². The normalized spacial score (nSPS) is 21.7. The molecule has 0 radical (unpaired) electrons. The van der Waals surface area contributed by atoms with Crippen molar-refractivity contribution in [3.05, 3.63) is 11.3 Å². The van der Waals surface area contributed by atoms with Gasteiger partial charge in [-0.3, -0.25) is 9.59 Å². The molecule has 18 heavy (non-hydrogen) atoms. The average molecular weight is 261 g/mol. The minimum Gasteiger partial charge on any atom is -0.374 e. The van der Waals surface area contributed by atoms with Gasteiger partial charge in [0, 0.05) is 25.2 Å². The summed E-state index contributed by atoms with van der Waals surface area (Å²) in [4.78, 5) is 24.8. The average Bonchev–Trinajstić information content (AvgIpc) is 2.79. The van der Waals surface area contributed by atoms with Gasteiger partial charge in [0.15, 0.2) is 5.78 Å². The molecule has 1 saturated heterocycles. The van der Waals surface area contributed by atoms with Gasteiger partial charge in [-0.1, -0.05) is 0 Å². The van der Waals surface area contributed by atoms with Crippen LogP contribution in [0.4, 0.5) is 13.2 Å². The third kappa shape index (κ3) is 2.42. The van der Waals surface area contributed by atoms with Crippen molar-refractivity contribution in [1.29, 1.82) is 0 Å². The van der Waals surface area contributed by atoms with Crippen LogP contribution in [0.25, 0.3) is 0 Å². The highest BCUT2D eigenvalue weighted by atomic mass is 19.4. The number of hydrogen-bond acceptors (Lipinski definition) is 3. The van der Waals surface area contributed by atoms with Crippen LogP contribution in [0.2, 0.25) is 0 Å². The topological polar surface area (TPSA) is 37.4 Å². The van der Waals surface area contributed by atoms with Gasteiger partial charge < -0.3 is 4.90 Å². The molecule has 0 aromatic rings. The largest absolute Gasteiger partial charge is 0.455 e. The highest BCUT2D eigenvalue weighted by molar-refractivity contribution is 6.22. The number of allylic oxidation sites excluding steroid dienone is 2. The molecule has 1 fully saturated rings. The molecule has 3 nitrogen and oxygen atoms in total. The molecule has 0 spiro atoms. The molecule has 0 saturated carbocycles. The van der Waals surface area contributed by atoms with Crippen LogP contribution < -0.4 is 0 Å². The first-order valence-electron chi connectivity index (χ1n) is 6.04. The minimum absolute atomic E-state index is 0.0362. The van der Waals surface area contributed by atoms with Crippen LogP contribution in [0.3, 0.4) is 0 Å². The lowest BCUT2D eigenvalue weighted by atomic mass is 9.91. The summed E-state index contributed by atoms with van der Waals surface area (Å²) in [5, 5.41) is 0. The molecule has 2 rings (SSSR count). The van der Waals surface area contributed by atoms with E-state index >= 15 is 0 Å². The lowest BCUT2D eigenvalue weighted by molar-refractivity contribution is -0.167. The molecular weight excluding hydrogens is 247 g/mol. The van der Waals surface area contributed by atoms with Gasteiger partial charge in [0.05, 0.1) is 5.57 Å². The minimum atomic E-state index is -4.96. The van der Waals surface area contributed by atoms with Crippen LogP contribution in [0, 0.1) is 0 Å². The number of nitrogens with zero attached hydrogens (tertiary/aromatic N) is 1. The molecule has 0 aromatic carbocycles. The van der Waals surface area contributed by atoms with E-state index < -0.39 is 23.3 Å². The number of hydrogen-bond donors (Lipinski definition) is 0. The zero-order valence-corrected chi connectivity index (χ0v) is 9.85. The molecule has 1 aliphatic heterocycles. The summed E-state index contributed by atoms with van der Waals surface area (Å²) in [5.41, 5.74) is -0.304. The lowest BCUT2D eigenvalue weighted by Gasteiger charge is -2.27. The van der Waals surface area contributed by atoms with Crippen molar-refractivity contribution >= 4 is 11.6 Å². The van der Waals surface area contributed by atoms with E-state index in [-0.39, 0.29) is 6.42 Å². The van der Waals surface area contributed by atoms with Crippen molar-refractivity contribution in [3.63, 3.8) is 0 Å². The van der Waals surface area contributed by atoms with E-state index in [0.717, 1.165) is 12.8 Å². The Bertz CT molecular complexity index is 406. The smallest absolute Gasteiger partial charge is 0.374 e. The third-order valence-corrected chi connectivity index (χ3v) is 3.36. The summed E-state index contributed by atoms with van der Waals surface area (Å²) >= 11 is 0. The molecule has 0 bridgehead atoms. The molecule has 100 valence electrons. The Morgan fingerprint density at radius 3 is 2.22 bits per heavy atom. The molecule has 1 heterocycles. The molecular formula is C12H14F3NO2. The van der Waals surface area contributed by atoms with E-state index in [1.807, 2.05) is 0 Å². The molecule has 0 unspecified atom stereocenters. The molecule has 6 heteroatoms. The molecule has 0 amide bonds. The summed E-state index contributed by atoms with van der Waals surface area (Å²) in [6.45, 7) is 1.27. The van der Waals surface area contributed by atoms with Crippen LogP contribution in [-0.2, 0) is 9.59 Å². The Morgan fingerprint density at radius 1 is 1.06 bits per heavy atom. The summed E-state index contributed by atoms with van der Waals surface area (Å²) in [7, 11) is 0. The zero-order valence-electron chi connectivity index (χ0n) is 9.85. The number of Topliss-reactive ketones (excluding diaryl/α,β-unsaturated/α-hetero) is 2. The highest BCUT2D eigenvalue weighted by Gasteiger charge is 2.45. The fourth-order valence-electron chi connectivity index (χ4n) is 2.53. The Hall–Kier alpha value is -1.33. The first-order chi connectivity index (χ1) is 8.41. The van der Waals surface area contributed by atoms with Crippen LogP contribution in [-0.4, -0.2) is 35.7 Å². The SMILES string of the molecule is O=C1CCCC(N2CCCC2)=C1C(=O)C(F)(F)F. The Morgan fingerprint density at radius 2 is 1.67 bits per heavy atom. The second-order valence-corrected chi connectivity index (χ2v) is 4.62. The molecule has 0 N–H and O–H groups in total. The predicted octanol–water partition coefficient (Wildman–Crippen LogP) is 2.22. The van der Waals surface area contributed by atoms with Crippen molar-refractivity contribution < 1.29 is 22.8 Å². The zero-order chi connectivity index (χ0) is 13.3. The van der Waals surface area contributed by atoms with E-state index in [9.17, 15) is 22.8 Å². The molecule has 0 atom stereocenters. The monoisotopic (exact) mass is 261 g/mol. The maximum Gasteiger partial charge on any atom is 0.455 e. The molecule has 1 aliphatic carbocycles. The van der Waals surface area contributed by atoms with Gasteiger partial charge >= 0.3 is 6.18 Å². The number of likely N-dealkylation sites (tertiary alicyclic amines) is 1. The van der Waals surface area contributed by atoms with Gasteiger partial charge in [-0.2, -0.15) is 13.2 Å². The highest BCUT2D eigenvalue weighted by Crippen LogP contribution is 2.32. The number of carbonyl (C=O) groups is 2. The maximum absolute atomic E-state index is 12.5. The number of alkyl halides is 3. The number of halogens is 3. The number of rotatable bonds is 2. The van der Waals surface area contributed by atoms with Crippen LogP contribution in [0.1, 0.15) is 32.1 Å². The van der Waals surface area contributed by atoms with Crippen LogP contribution in [0.15, 0.2) is 11.3 Å². The first kappa shape index (κ1) is 13.1. The van der Waals surface area contributed by atoms with E-state index in [4.69, 9.17) is 0 Å². The van der Waals surface area contributed by atoms with Crippen LogP contribution in [0.5, 0.6) is 0 Å². The van der Waals surface area contributed by atoms with E-state index in [0.29, 0.717) is 31.6 Å². The van der Waals surface area contributed by atoms with Gasteiger partial charge in [0.2, 0.25) is 0 Å². The standard InChI is InChI=1S/C12H14F3NO2/c13-12(14,15)11(18)10-8(4-3-5-9(10)17)16-6-1-2-7-16/h1-7H2. The summed E-state index contributed by atoms with van der Waals surface area (Å²) in [5.74, 6) is -2.64. The predicted molar refractivity (Wildman–Crippen MR) is 57.8 cm³/mol. The maximum atomic E-state index is 12.5. The van der Waals surface area contributed by atoms with Crippen molar-refractivity contribution in [2.24, 2.45) is 0 Å². The van der Waals surface area contributed by atoms with Gasteiger partial charge in [-0.05, 0) is 25.7 Å². The van der Waals surface area contributed by atoms with Gasteiger partial charge in [0.1, 0.15) is 0 Å². The lowest BCUT2D eigenvalue weighted by Crippen LogP contribution is -2.35. The van der Waals surface area contributed by atoms with Crippen molar-refractivity contribution in [3.8, 4) is 0 Å². The summed E-state index contributed by atoms with van der Waals surface area (Å²) < 4.78 is 37.5. The quantitative estimate of drug-likeness (QED) is 0.715. The number of carbonyl (C=O) groups excluding carboxylic acids is 2. The van der Waals surface area contributed by atoms with Crippen LogP contribution >= 0.6 is 0 Å². The van der Waals surface area contributed by atoms with Gasteiger partial charge in [0.25, 0.3) is 5.78 Å². The van der Waals surface area contributed by atoms with E-state index in [1.54, 1.807) is 4.90 Å². The summed E-state index contributed by atoms with van der Waals surface area (Å²) in [6, 6.07) is 0. The first-order valence-corrected chi connectivity index (χ1v) is 6.04. The van der Waals surface area contributed by atoms with Crippen molar-refractivity contribution in [1.82, 2.24) is 4.90 Å². The van der Waals surface area contributed by atoms with E-state index in [2.05, 4.69) is 0 Å². The fraction of sp³-hybridized carbons (Fsp3) is 0.667. The van der Waals surface area contributed by atoms with Crippen molar-refractivity contribution in [2.75, 3.05) is 13.1 Å². The molecule has 0 aromatic heterocycles. The summed E-state index contributed by atoms with van der Waals surface area (Å²) in [6.07, 6.45) is -2.22. The Labute approximate surface area is 103 Å². The third-order valence-electron chi connectivity index (χ3n) is 3.36. The fourth-order valence-corrected chi connectivity index (χ4v) is 2.53. The second kappa shape index (κ2) is 4.74. The van der Waals surface area contributed by atoms with Gasteiger partial charge in [-0.25, -0.2) is 0 Å². The Balaban J connectivity index is 2.39. The van der Waals surface area contributed by atoms with Crippen molar-refractivity contribution in [2.45, 2.75) is 38.3 Å². The van der Waals surface area contributed by atoms with Gasteiger partial charge in [-0.15, -0.1) is 0 Å². The number of ketones is 2. The molecule has 2 aliphatic rings. The second-order valence-electron chi connectivity index (χ2n) is 4.62.